The van der Waals surface area contributed by atoms with Crippen molar-refractivity contribution in [3.8, 4) is 11.4 Å². The number of methoxy groups -OCH3 is 1. The van der Waals surface area contributed by atoms with Crippen LogP contribution < -0.4 is 0 Å². The molecule has 102 valence electrons. The van der Waals surface area contributed by atoms with Crippen molar-refractivity contribution in [2.75, 3.05) is 13.7 Å². The first-order chi connectivity index (χ1) is 9.17. The molecule has 1 aromatic heterocycles. The second-order valence-electron chi connectivity index (χ2n) is 4.52. The van der Waals surface area contributed by atoms with Gasteiger partial charge < -0.3 is 9.30 Å². The number of benzene rings is 1. The summed E-state index contributed by atoms with van der Waals surface area (Å²) in [6.45, 7) is 5.63. The van der Waals surface area contributed by atoms with Gasteiger partial charge in [0.15, 0.2) is 5.82 Å². The van der Waals surface area contributed by atoms with E-state index in [0.717, 1.165) is 23.8 Å². The fourth-order valence-electron chi connectivity index (χ4n) is 1.95. The third kappa shape index (κ3) is 3.04. The van der Waals surface area contributed by atoms with Crippen LogP contribution in [0.4, 0.5) is 0 Å². The summed E-state index contributed by atoms with van der Waals surface area (Å²) in [4.78, 5) is 0. The summed E-state index contributed by atoms with van der Waals surface area (Å²) in [6.07, 6.45) is 0. The SMILES string of the molecule is COCCn1c(CBr)nnc1-c1ccc(C)c(C)c1. The number of nitrogens with zero attached hydrogens (tertiary/aromatic N) is 3. The van der Waals surface area contributed by atoms with E-state index in [1.807, 2.05) is 0 Å². The molecule has 0 amide bonds. The Bertz CT molecular complexity index is 566. The van der Waals surface area contributed by atoms with Gasteiger partial charge in [-0.2, -0.15) is 0 Å². The van der Waals surface area contributed by atoms with E-state index in [4.69, 9.17) is 4.74 Å². The molecule has 0 saturated carbocycles. The normalized spacial score (nSPS) is 10.9. The molecule has 0 aliphatic heterocycles. The van der Waals surface area contributed by atoms with Gasteiger partial charge in [-0.15, -0.1) is 10.2 Å². The largest absolute Gasteiger partial charge is 0.383 e. The van der Waals surface area contributed by atoms with Crippen molar-refractivity contribution in [1.29, 1.82) is 0 Å². The highest BCUT2D eigenvalue weighted by Crippen LogP contribution is 2.22. The molecule has 5 heteroatoms. The number of aryl methyl sites for hydroxylation is 2. The summed E-state index contributed by atoms with van der Waals surface area (Å²) in [5.74, 6) is 1.82. The first kappa shape index (κ1) is 14.2. The van der Waals surface area contributed by atoms with Gasteiger partial charge in [0.25, 0.3) is 0 Å². The van der Waals surface area contributed by atoms with Crippen LogP contribution in [-0.2, 0) is 16.6 Å². The van der Waals surface area contributed by atoms with E-state index in [0.29, 0.717) is 11.9 Å². The second-order valence-corrected chi connectivity index (χ2v) is 5.08. The van der Waals surface area contributed by atoms with Crippen LogP contribution in [0.25, 0.3) is 11.4 Å². The van der Waals surface area contributed by atoms with Gasteiger partial charge in [0.2, 0.25) is 0 Å². The minimum absolute atomic E-state index is 0.649. The fourth-order valence-corrected chi connectivity index (χ4v) is 2.36. The molecule has 2 aromatic rings. The average Bonchev–Trinajstić information content (AvgIpc) is 2.82. The molecule has 0 saturated heterocycles. The van der Waals surface area contributed by atoms with Crippen LogP contribution in [0.15, 0.2) is 18.2 Å². The Kier molecular flexibility index (Phi) is 4.71. The van der Waals surface area contributed by atoms with Crippen LogP contribution in [0.2, 0.25) is 0 Å². The van der Waals surface area contributed by atoms with E-state index >= 15 is 0 Å². The Morgan fingerprint density at radius 3 is 2.63 bits per heavy atom. The van der Waals surface area contributed by atoms with E-state index in [1.54, 1.807) is 7.11 Å². The molecule has 4 nitrogen and oxygen atoms in total. The van der Waals surface area contributed by atoms with E-state index in [9.17, 15) is 0 Å². The molecular weight excluding hydrogens is 306 g/mol. The summed E-state index contributed by atoms with van der Waals surface area (Å²) in [6, 6.07) is 6.36. The van der Waals surface area contributed by atoms with E-state index in [2.05, 4.69) is 62.7 Å². The maximum absolute atomic E-state index is 5.16. The molecule has 19 heavy (non-hydrogen) atoms. The van der Waals surface area contributed by atoms with Gasteiger partial charge in [-0.1, -0.05) is 28.1 Å². The Hall–Kier alpha value is -1.20. The summed E-state index contributed by atoms with van der Waals surface area (Å²) in [5, 5.41) is 9.22. The molecule has 0 aliphatic carbocycles. The lowest BCUT2D eigenvalue weighted by molar-refractivity contribution is 0.187. The zero-order valence-electron chi connectivity index (χ0n) is 11.5. The van der Waals surface area contributed by atoms with Crippen LogP contribution in [0, 0.1) is 13.8 Å². The van der Waals surface area contributed by atoms with Gasteiger partial charge in [0, 0.05) is 19.2 Å². The van der Waals surface area contributed by atoms with Gasteiger partial charge in [-0.05, 0) is 31.0 Å². The predicted octanol–water partition coefficient (Wildman–Crippen LogP) is 3.10. The third-order valence-electron chi connectivity index (χ3n) is 3.23. The summed E-state index contributed by atoms with van der Waals surface area (Å²) in [5.41, 5.74) is 3.64. The predicted molar refractivity (Wildman–Crippen MR) is 79.4 cm³/mol. The fraction of sp³-hybridized carbons (Fsp3) is 0.429. The molecule has 0 N–H and O–H groups in total. The van der Waals surface area contributed by atoms with Gasteiger partial charge in [0.1, 0.15) is 5.82 Å². The van der Waals surface area contributed by atoms with Crippen molar-refractivity contribution >= 4 is 15.9 Å². The van der Waals surface area contributed by atoms with Crippen molar-refractivity contribution in [3.05, 3.63) is 35.2 Å². The molecule has 0 unspecified atom stereocenters. The highest BCUT2D eigenvalue weighted by atomic mass is 79.9. The number of aromatic nitrogens is 3. The van der Waals surface area contributed by atoms with Crippen LogP contribution in [-0.4, -0.2) is 28.5 Å². The monoisotopic (exact) mass is 323 g/mol. The minimum atomic E-state index is 0.649. The standard InChI is InChI=1S/C14H18BrN3O/c1-10-4-5-12(8-11(10)2)14-17-16-13(9-15)18(14)6-7-19-3/h4-5,8H,6-7,9H2,1-3H3. The van der Waals surface area contributed by atoms with Crippen molar-refractivity contribution in [2.24, 2.45) is 0 Å². The minimum Gasteiger partial charge on any atom is -0.383 e. The van der Waals surface area contributed by atoms with E-state index < -0.39 is 0 Å². The molecule has 0 bridgehead atoms. The van der Waals surface area contributed by atoms with Crippen molar-refractivity contribution in [1.82, 2.24) is 14.8 Å². The smallest absolute Gasteiger partial charge is 0.164 e. The topological polar surface area (TPSA) is 39.9 Å². The van der Waals surface area contributed by atoms with Gasteiger partial charge in [-0.25, -0.2) is 0 Å². The number of alkyl halides is 1. The highest BCUT2D eigenvalue weighted by molar-refractivity contribution is 9.08. The Morgan fingerprint density at radius 2 is 2.00 bits per heavy atom. The molecule has 0 aliphatic rings. The molecule has 1 heterocycles. The molecule has 0 radical (unpaired) electrons. The molecule has 0 fully saturated rings. The van der Waals surface area contributed by atoms with Gasteiger partial charge in [-0.3, -0.25) is 0 Å². The van der Waals surface area contributed by atoms with Gasteiger partial charge >= 0.3 is 0 Å². The quantitative estimate of drug-likeness (QED) is 0.794. The van der Waals surface area contributed by atoms with Crippen LogP contribution in [0.3, 0.4) is 0 Å². The lowest BCUT2D eigenvalue weighted by Gasteiger charge is -2.10. The van der Waals surface area contributed by atoms with E-state index in [1.165, 1.54) is 11.1 Å². The molecule has 0 spiro atoms. The number of halogens is 1. The summed E-state index contributed by atoms with van der Waals surface area (Å²) >= 11 is 3.45. The third-order valence-corrected chi connectivity index (χ3v) is 3.73. The number of hydrogen-bond acceptors (Lipinski definition) is 3. The number of ether oxygens (including phenoxy) is 1. The maximum atomic E-state index is 5.16. The number of hydrogen-bond donors (Lipinski definition) is 0. The average molecular weight is 324 g/mol. The highest BCUT2D eigenvalue weighted by Gasteiger charge is 2.13. The van der Waals surface area contributed by atoms with Crippen LogP contribution in [0.1, 0.15) is 17.0 Å². The summed E-state index contributed by atoms with van der Waals surface area (Å²) in [7, 11) is 1.70. The van der Waals surface area contributed by atoms with Crippen LogP contribution in [0.5, 0.6) is 0 Å². The first-order valence-electron chi connectivity index (χ1n) is 6.22. The van der Waals surface area contributed by atoms with Crippen molar-refractivity contribution in [3.63, 3.8) is 0 Å². The van der Waals surface area contributed by atoms with E-state index in [-0.39, 0.29) is 0 Å². The Balaban J connectivity index is 2.42. The zero-order valence-corrected chi connectivity index (χ0v) is 13.1. The van der Waals surface area contributed by atoms with Gasteiger partial charge in [0.05, 0.1) is 11.9 Å². The number of rotatable bonds is 5. The van der Waals surface area contributed by atoms with Crippen molar-refractivity contribution < 1.29 is 4.74 Å². The molecule has 0 atom stereocenters. The van der Waals surface area contributed by atoms with Crippen LogP contribution >= 0.6 is 15.9 Å². The summed E-state index contributed by atoms with van der Waals surface area (Å²) < 4.78 is 7.26. The second kappa shape index (κ2) is 6.30. The maximum Gasteiger partial charge on any atom is 0.164 e. The molecule has 1 aromatic carbocycles. The molecular formula is C14H18BrN3O. The molecule has 2 rings (SSSR count). The lowest BCUT2D eigenvalue weighted by atomic mass is 10.1. The zero-order chi connectivity index (χ0) is 13.8. The first-order valence-corrected chi connectivity index (χ1v) is 7.34. The lowest BCUT2D eigenvalue weighted by Crippen LogP contribution is -2.09. The Morgan fingerprint density at radius 1 is 1.21 bits per heavy atom. The van der Waals surface area contributed by atoms with Crippen molar-refractivity contribution in [2.45, 2.75) is 25.7 Å². The Labute approximate surface area is 121 Å².